The Balaban J connectivity index is 1.50. The number of thiocarbonyl (C=S) groups is 1. The molecule has 2 N–H and O–H groups in total. The summed E-state index contributed by atoms with van der Waals surface area (Å²) in [4.78, 5) is 28.7. The van der Waals surface area contributed by atoms with Crippen LogP contribution in [0, 0.1) is 5.92 Å². The summed E-state index contributed by atoms with van der Waals surface area (Å²) < 4.78 is 0. The van der Waals surface area contributed by atoms with Crippen LogP contribution in [0.15, 0.2) is 48.5 Å². The maximum absolute atomic E-state index is 12.3. The smallest absolute Gasteiger partial charge is 0.257 e. The molecule has 1 aliphatic rings. The first-order chi connectivity index (χ1) is 14.9. The van der Waals surface area contributed by atoms with Crippen LogP contribution in [0.25, 0.3) is 0 Å². The van der Waals surface area contributed by atoms with Gasteiger partial charge in [0.1, 0.15) is 0 Å². The van der Waals surface area contributed by atoms with Crippen LogP contribution in [0.4, 0.5) is 11.4 Å². The first-order valence-corrected chi connectivity index (χ1v) is 11.1. The number of nitrogens with zero attached hydrogens (tertiary/aromatic N) is 2. The van der Waals surface area contributed by atoms with Gasteiger partial charge in [0.15, 0.2) is 5.11 Å². The predicted molar refractivity (Wildman–Crippen MR) is 130 cm³/mol. The van der Waals surface area contributed by atoms with Crippen LogP contribution in [0.2, 0.25) is 0 Å². The maximum Gasteiger partial charge on any atom is 0.257 e. The summed E-state index contributed by atoms with van der Waals surface area (Å²) >= 11 is 5.29. The van der Waals surface area contributed by atoms with Gasteiger partial charge in [-0.3, -0.25) is 14.9 Å². The monoisotopic (exact) mass is 438 g/mol. The van der Waals surface area contributed by atoms with E-state index in [-0.39, 0.29) is 22.8 Å². The standard InChI is InChI=1S/C24H30N4O2S/c1-4-18-5-7-19(8-6-18)22(29)26-24(31)25-20-9-11-21(12-10-20)27-13-15-28(16-14-27)23(30)17(2)3/h5-12,17H,4,13-16H2,1-3H3,(H2,25,26,29,31). The second-order valence-corrected chi connectivity index (χ2v) is 8.38. The van der Waals surface area contributed by atoms with Crippen LogP contribution < -0.4 is 15.5 Å². The summed E-state index contributed by atoms with van der Waals surface area (Å²) in [6.07, 6.45) is 0.934. The molecule has 1 heterocycles. The maximum atomic E-state index is 12.3. The zero-order valence-corrected chi connectivity index (χ0v) is 19.2. The van der Waals surface area contributed by atoms with Crippen molar-refractivity contribution >= 4 is 40.5 Å². The Bertz CT molecular complexity index is 918. The highest BCUT2D eigenvalue weighted by molar-refractivity contribution is 7.80. The molecule has 3 rings (SSSR count). The van der Waals surface area contributed by atoms with E-state index in [2.05, 4.69) is 22.5 Å². The van der Waals surface area contributed by atoms with Gasteiger partial charge in [-0.25, -0.2) is 0 Å². The average Bonchev–Trinajstić information content (AvgIpc) is 2.79. The highest BCUT2D eigenvalue weighted by Gasteiger charge is 2.22. The van der Waals surface area contributed by atoms with Crippen molar-refractivity contribution in [2.75, 3.05) is 36.4 Å². The van der Waals surface area contributed by atoms with Gasteiger partial charge in [-0.05, 0) is 60.6 Å². The first kappa shape index (κ1) is 22.7. The number of benzene rings is 2. The highest BCUT2D eigenvalue weighted by atomic mass is 32.1. The van der Waals surface area contributed by atoms with Crippen LogP contribution in [0.5, 0.6) is 0 Å². The Hall–Kier alpha value is -2.93. The van der Waals surface area contributed by atoms with E-state index in [1.807, 2.05) is 55.1 Å². The van der Waals surface area contributed by atoms with Crippen molar-refractivity contribution < 1.29 is 9.59 Å². The van der Waals surface area contributed by atoms with Gasteiger partial charge >= 0.3 is 0 Å². The lowest BCUT2D eigenvalue weighted by atomic mass is 10.1. The predicted octanol–water partition coefficient (Wildman–Crippen LogP) is 3.68. The number of aryl methyl sites for hydroxylation is 1. The van der Waals surface area contributed by atoms with Gasteiger partial charge in [0.05, 0.1) is 0 Å². The Morgan fingerprint density at radius 1 is 0.968 bits per heavy atom. The summed E-state index contributed by atoms with van der Waals surface area (Å²) in [5, 5.41) is 6.04. The zero-order chi connectivity index (χ0) is 22.4. The van der Waals surface area contributed by atoms with Gasteiger partial charge in [0.2, 0.25) is 5.91 Å². The highest BCUT2D eigenvalue weighted by Crippen LogP contribution is 2.20. The van der Waals surface area contributed by atoms with Crippen LogP contribution in [-0.4, -0.2) is 48.0 Å². The summed E-state index contributed by atoms with van der Waals surface area (Å²) in [5.74, 6) is 0.0265. The number of hydrogen-bond acceptors (Lipinski definition) is 4. The van der Waals surface area contributed by atoms with E-state index < -0.39 is 0 Å². The molecule has 1 fully saturated rings. The van der Waals surface area contributed by atoms with E-state index in [4.69, 9.17) is 12.2 Å². The van der Waals surface area contributed by atoms with Crippen molar-refractivity contribution in [2.45, 2.75) is 27.2 Å². The molecule has 0 radical (unpaired) electrons. The Kier molecular flexibility index (Phi) is 7.63. The molecule has 0 aromatic heterocycles. The molecular formula is C24H30N4O2S. The third-order valence-electron chi connectivity index (χ3n) is 5.43. The molecule has 2 amide bonds. The fourth-order valence-corrected chi connectivity index (χ4v) is 3.75. The van der Waals surface area contributed by atoms with Crippen molar-refractivity contribution in [3.63, 3.8) is 0 Å². The third-order valence-corrected chi connectivity index (χ3v) is 5.63. The summed E-state index contributed by atoms with van der Waals surface area (Å²) in [7, 11) is 0. The quantitative estimate of drug-likeness (QED) is 0.698. The van der Waals surface area contributed by atoms with Crippen molar-refractivity contribution in [1.29, 1.82) is 0 Å². The molecule has 2 aromatic carbocycles. The number of piperazine rings is 1. The Labute approximate surface area is 189 Å². The van der Waals surface area contributed by atoms with E-state index in [0.29, 0.717) is 5.56 Å². The van der Waals surface area contributed by atoms with E-state index in [1.165, 1.54) is 5.56 Å². The largest absolute Gasteiger partial charge is 0.368 e. The second kappa shape index (κ2) is 10.4. The van der Waals surface area contributed by atoms with Crippen molar-refractivity contribution in [2.24, 2.45) is 5.92 Å². The molecule has 6 nitrogen and oxygen atoms in total. The van der Waals surface area contributed by atoms with Crippen molar-refractivity contribution in [3.8, 4) is 0 Å². The van der Waals surface area contributed by atoms with E-state index in [9.17, 15) is 9.59 Å². The number of hydrogen-bond donors (Lipinski definition) is 2. The molecule has 1 saturated heterocycles. The number of carbonyl (C=O) groups excluding carboxylic acids is 2. The van der Waals surface area contributed by atoms with Gasteiger partial charge in [-0.1, -0.05) is 32.9 Å². The minimum absolute atomic E-state index is 0.0388. The molecule has 1 aliphatic heterocycles. The number of amides is 2. The summed E-state index contributed by atoms with van der Waals surface area (Å²) in [6.45, 7) is 9.07. The summed E-state index contributed by atoms with van der Waals surface area (Å²) in [5.41, 5.74) is 3.68. The fourth-order valence-electron chi connectivity index (χ4n) is 3.54. The Morgan fingerprint density at radius 3 is 2.13 bits per heavy atom. The van der Waals surface area contributed by atoms with Crippen LogP contribution in [0.1, 0.15) is 36.7 Å². The van der Waals surface area contributed by atoms with E-state index in [1.54, 1.807) is 12.1 Å². The van der Waals surface area contributed by atoms with Gasteiger partial charge in [0.25, 0.3) is 5.91 Å². The molecule has 0 unspecified atom stereocenters. The first-order valence-electron chi connectivity index (χ1n) is 10.7. The lowest BCUT2D eigenvalue weighted by Crippen LogP contribution is -2.49. The number of nitrogens with one attached hydrogen (secondary N) is 2. The average molecular weight is 439 g/mol. The van der Waals surface area contributed by atoms with Crippen molar-refractivity contribution in [3.05, 3.63) is 59.7 Å². The molecular weight excluding hydrogens is 408 g/mol. The van der Waals surface area contributed by atoms with Crippen molar-refractivity contribution in [1.82, 2.24) is 10.2 Å². The van der Waals surface area contributed by atoms with Gasteiger partial charge in [-0.2, -0.15) is 0 Å². The molecule has 7 heteroatoms. The second-order valence-electron chi connectivity index (χ2n) is 7.97. The molecule has 31 heavy (non-hydrogen) atoms. The topological polar surface area (TPSA) is 64.7 Å². The number of rotatable bonds is 5. The fraction of sp³-hybridized carbons (Fsp3) is 0.375. The van der Waals surface area contributed by atoms with Gasteiger partial charge < -0.3 is 15.1 Å². The summed E-state index contributed by atoms with van der Waals surface area (Å²) in [6, 6.07) is 15.4. The SMILES string of the molecule is CCc1ccc(C(=O)NC(=S)Nc2ccc(N3CCN(C(=O)C(C)C)CC3)cc2)cc1. The molecule has 2 aromatic rings. The molecule has 0 aliphatic carbocycles. The number of carbonyl (C=O) groups is 2. The van der Waals surface area contributed by atoms with E-state index >= 15 is 0 Å². The van der Waals surface area contributed by atoms with E-state index in [0.717, 1.165) is 44.0 Å². The molecule has 0 atom stereocenters. The lowest BCUT2D eigenvalue weighted by Gasteiger charge is -2.37. The van der Waals surface area contributed by atoms with Crippen LogP contribution >= 0.6 is 12.2 Å². The molecule has 0 saturated carbocycles. The number of anilines is 2. The zero-order valence-electron chi connectivity index (χ0n) is 18.4. The van der Waals surface area contributed by atoms with Gasteiger partial charge in [0, 0.05) is 49.0 Å². The minimum Gasteiger partial charge on any atom is -0.368 e. The molecule has 0 bridgehead atoms. The Morgan fingerprint density at radius 2 is 1.58 bits per heavy atom. The van der Waals surface area contributed by atoms with Crippen LogP contribution in [0.3, 0.4) is 0 Å². The third kappa shape index (κ3) is 6.04. The van der Waals surface area contributed by atoms with Crippen LogP contribution in [-0.2, 0) is 11.2 Å². The molecule has 0 spiro atoms. The lowest BCUT2D eigenvalue weighted by molar-refractivity contribution is -0.134. The minimum atomic E-state index is -0.231. The normalized spacial score (nSPS) is 13.8. The molecule has 164 valence electrons. The van der Waals surface area contributed by atoms with Gasteiger partial charge in [-0.15, -0.1) is 0 Å².